The Kier molecular flexibility index (Phi) is 6.93. The maximum absolute atomic E-state index is 13.1. The summed E-state index contributed by atoms with van der Waals surface area (Å²) in [6.07, 6.45) is -4.41. The summed E-state index contributed by atoms with van der Waals surface area (Å²) < 4.78 is 44.7. The van der Waals surface area contributed by atoms with Gasteiger partial charge in [-0.25, -0.2) is 4.98 Å². The molecule has 0 saturated carbocycles. The number of carbonyl (C=O) groups is 1. The van der Waals surface area contributed by atoms with Gasteiger partial charge in [-0.1, -0.05) is 35.5 Å². The number of aromatic nitrogens is 1. The van der Waals surface area contributed by atoms with Crippen LogP contribution in [-0.4, -0.2) is 22.8 Å². The van der Waals surface area contributed by atoms with Crippen molar-refractivity contribution in [3.05, 3.63) is 84.1 Å². The summed E-state index contributed by atoms with van der Waals surface area (Å²) >= 11 is 0. The zero-order valence-corrected chi connectivity index (χ0v) is 16.8. The molecular weight excluding hydrogens is 425 g/mol. The molecule has 0 aliphatic rings. The Morgan fingerprint density at radius 1 is 1.06 bits per heavy atom. The van der Waals surface area contributed by atoms with E-state index in [2.05, 4.69) is 15.5 Å². The smallest absolute Gasteiger partial charge is 0.418 e. The summed E-state index contributed by atoms with van der Waals surface area (Å²) in [6, 6.07) is 16.9. The fourth-order valence-corrected chi connectivity index (χ4v) is 2.51. The lowest BCUT2D eigenvalue weighted by Gasteiger charge is -2.15. The van der Waals surface area contributed by atoms with Gasteiger partial charge < -0.3 is 20.6 Å². The van der Waals surface area contributed by atoms with Gasteiger partial charge in [0.05, 0.1) is 11.3 Å². The predicted molar refractivity (Wildman–Crippen MR) is 112 cm³/mol. The molecule has 32 heavy (non-hydrogen) atoms. The van der Waals surface area contributed by atoms with Gasteiger partial charge in [0, 0.05) is 17.8 Å². The lowest BCUT2D eigenvalue weighted by atomic mass is 10.1. The van der Waals surface area contributed by atoms with Gasteiger partial charge in [-0.15, -0.1) is 0 Å². The van der Waals surface area contributed by atoms with Crippen LogP contribution in [0.4, 0.5) is 18.9 Å². The second-order valence-corrected chi connectivity index (χ2v) is 6.56. The number of ether oxygens (including phenoxy) is 1. The SMILES string of the molecule is CC(O/N=C(/N)c1ccc(Oc2ccccc2)nc1)C(=O)Nc1ccccc1C(F)(F)F. The first-order chi connectivity index (χ1) is 15.2. The highest BCUT2D eigenvalue weighted by atomic mass is 19.4. The second kappa shape index (κ2) is 9.82. The molecular formula is C22H19F3N4O3. The predicted octanol–water partition coefficient (Wildman–Crippen LogP) is 4.56. The van der Waals surface area contributed by atoms with Gasteiger partial charge in [0.1, 0.15) is 5.75 Å². The third kappa shape index (κ3) is 5.97. The first kappa shape index (κ1) is 22.6. The summed E-state index contributed by atoms with van der Waals surface area (Å²) in [7, 11) is 0. The van der Waals surface area contributed by atoms with Gasteiger partial charge >= 0.3 is 6.18 Å². The average Bonchev–Trinajstić information content (AvgIpc) is 2.78. The molecule has 0 aliphatic carbocycles. The molecule has 0 bridgehead atoms. The fourth-order valence-electron chi connectivity index (χ4n) is 2.51. The zero-order chi connectivity index (χ0) is 23.1. The van der Waals surface area contributed by atoms with Crippen molar-refractivity contribution in [3.8, 4) is 11.6 Å². The largest absolute Gasteiger partial charge is 0.439 e. The van der Waals surface area contributed by atoms with E-state index in [9.17, 15) is 18.0 Å². The zero-order valence-electron chi connectivity index (χ0n) is 16.8. The second-order valence-electron chi connectivity index (χ2n) is 6.56. The minimum absolute atomic E-state index is 0.0703. The van der Waals surface area contributed by atoms with E-state index < -0.39 is 23.8 Å². The Morgan fingerprint density at radius 3 is 2.41 bits per heavy atom. The van der Waals surface area contributed by atoms with Crippen molar-refractivity contribution in [2.75, 3.05) is 5.32 Å². The summed E-state index contributed by atoms with van der Waals surface area (Å²) in [5.74, 6) is 0.0662. The van der Waals surface area contributed by atoms with Crippen LogP contribution in [0.2, 0.25) is 0 Å². The van der Waals surface area contributed by atoms with E-state index >= 15 is 0 Å². The van der Waals surface area contributed by atoms with Gasteiger partial charge in [0.25, 0.3) is 5.91 Å². The van der Waals surface area contributed by atoms with E-state index in [1.807, 2.05) is 18.2 Å². The van der Waals surface area contributed by atoms with Gasteiger partial charge in [0.15, 0.2) is 5.84 Å². The molecule has 0 saturated heterocycles. The Balaban J connectivity index is 1.60. The van der Waals surface area contributed by atoms with Crippen LogP contribution in [-0.2, 0) is 15.8 Å². The van der Waals surface area contributed by atoms with Crippen molar-refractivity contribution in [2.24, 2.45) is 10.9 Å². The van der Waals surface area contributed by atoms with Gasteiger partial charge in [-0.05, 0) is 37.3 Å². The Hall–Kier alpha value is -4.08. The number of hydrogen-bond donors (Lipinski definition) is 2. The first-order valence-corrected chi connectivity index (χ1v) is 9.40. The van der Waals surface area contributed by atoms with Crippen LogP contribution in [0.3, 0.4) is 0 Å². The number of benzene rings is 2. The maximum Gasteiger partial charge on any atom is 0.418 e. The Bertz CT molecular complexity index is 1090. The lowest BCUT2D eigenvalue weighted by Crippen LogP contribution is -2.28. The number of nitrogens with one attached hydrogen (secondary N) is 1. The van der Waals surface area contributed by atoms with Crippen LogP contribution in [0.1, 0.15) is 18.1 Å². The molecule has 2 aromatic carbocycles. The standard InChI is InChI=1S/C22H19F3N4O3/c1-14(21(30)28-18-10-6-5-9-17(18)22(23,24)25)32-29-20(26)15-11-12-19(27-13-15)31-16-7-3-2-4-8-16/h2-14H,1H3,(H2,26,29)(H,28,30). The van der Waals surface area contributed by atoms with E-state index in [0.29, 0.717) is 17.2 Å². The number of halogens is 3. The van der Waals surface area contributed by atoms with Gasteiger partial charge in [0.2, 0.25) is 12.0 Å². The number of pyridine rings is 1. The van der Waals surface area contributed by atoms with E-state index in [4.69, 9.17) is 15.3 Å². The molecule has 1 unspecified atom stereocenters. The molecule has 1 heterocycles. The number of para-hydroxylation sites is 2. The number of carbonyl (C=O) groups excluding carboxylic acids is 1. The molecule has 3 rings (SSSR count). The average molecular weight is 444 g/mol. The van der Waals surface area contributed by atoms with E-state index in [0.717, 1.165) is 12.1 Å². The Morgan fingerprint density at radius 2 is 1.75 bits per heavy atom. The van der Waals surface area contributed by atoms with E-state index in [1.165, 1.54) is 25.3 Å². The van der Waals surface area contributed by atoms with Crippen molar-refractivity contribution in [1.29, 1.82) is 0 Å². The highest BCUT2D eigenvalue weighted by molar-refractivity contribution is 5.97. The number of rotatable bonds is 7. The summed E-state index contributed by atoms with van der Waals surface area (Å²) in [6.45, 7) is 1.33. The molecule has 7 nitrogen and oxygen atoms in total. The normalized spacial score (nSPS) is 12.7. The van der Waals surface area contributed by atoms with Crippen LogP contribution in [0, 0.1) is 0 Å². The molecule has 3 N–H and O–H groups in total. The number of nitrogens with zero attached hydrogens (tertiary/aromatic N) is 2. The molecule has 1 atom stereocenters. The van der Waals surface area contributed by atoms with Gasteiger partial charge in [-0.3, -0.25) is 4.79 Å². The fraction of sp³-hybridized carbons (Fsp3) is 0.136. The number of oxime groups is 1. The van der Waals surface area contributed by atoms with Crippen molar-refractivity contribution >= 4 is 17.4 Å². The van der Waals surface area contributed by atoms with Crippen molar-refractivity contribution in [2.45, 2.75) is 19.2 Å². The van der Waals surface area contributed by atoms with Crippen LogP contribution < -0.4 is 15.8 Å². The summed E-state index contributed by atoms with van der Waals surface area (Å²) in [5, 5.41) is 5.86. The number of anilines is 1. The molecule has 0 fully saturated rings. The minimum Gasteiger partial charge on any atom is -0.439 e. The van der Waals surface area contributed by atoms with Gasteiger partial charge in [-0.2, -0.15) is 13.2 Å². The van der Waals surface area contributed by atoms with Crippen molar-refractivity contribution in [1.82, 2.24) is 4.98 Å². The third-order valence-electron chi connectivity index (χ3n) is 4.17. The number of hydrogen-bond acceptors (Lipinski definition) is 5. The molecule has 1 aromatic heterocycles. The minimum atomic E-state index is -4.61. The van der Waals surface area contributed by atoms with Crippen molar-refractivity contribution in [3.63, 3.8) is 0 Å². The molecule has 3 aromatic rings. The quantitative estimate of drug-likeness (QED) is 0.316. The third-order valence-corrected chi connectivity index (χ3v) is 4.17. The van der Waals surface area contributed by atoms with Crippen LogP contribution in [0.15, 0.2) is 78.1 Å². The van der Waals surface area contributed by atoms with E-state index in [1.54, 1.807) is 24.3 Å². The molecule has 0 radical (unpaired) electrons. The molecule has 0 spiro atoms. The maximum atomic E-state index is 13.1. The van der Waals surface area contributed by atoms with Crippen LogP contribution >= 0.6 is 0 Å². The number of nitrogens with two attached hydrogens (primary N) is 1. The molecule has 10 heteroatoms. The number of alkyl halides is 3. The topological polar surface area (TPSA) is 98.8 Å². The van der Waals surface area contributed by atoms with Crippen molar-refractivity contribution < 1.29 is 27.5 Å². The first-order valence-electron chi connectivity index (χ1n) is 9.40. The molecule has 0 aliphatic heterocycles. The summed E-state index contributed by atoms with van der Waals surface area (Å²) in [5.41, 5.74) is 4.90. The highest BCUT2D eigenvalue weighted by Gasteiger charge is 2.34. The van der Waals surface area contributed by atoms with Crippen LogP contribution in [0.5, 0.6) is 11.6 Å². The lowest BCUT2D eigenvalue weighted by molar-refractivity contribution is -0.137. The Labute approximate surface area is 181 Å². The highest BCUT2D eigenvalue weighted by Crippen LogP contribution is 2.34. The van der Waals surface area contributed by atoms with Crippen LogP contribution in [0.25, 0.3) is 0 Å². The summed E-state index contributed by atoms with van der Waals surface area (Å²) in [4.78, 5) is 21.4. The molecule has 1 amide bonds. The number of amidine groups is 1. The monoisotopic (exact) mass is 444 g/mol. The number of amides is 1. The molecule has 166 valence electrons. The van der Waals surface area contributed by atoms with E-state index in [-0.39, 0.29) is 11.5 Å².